The molecule has 166 valence electrons. The van der Waals surface area contributed by atoms with Crippen molar-refractivity contribution in [2.24, 2.45) is 23.7 Å². The lowest BCUT2D eigenvalue weighted by molar-refractivity contribution is -0.343. The number of fused-ring (bicyclic) bond motifs is 3. The SMILES string of the molecule is CCC1C2OC(=O)C(C)C2C23CC(C4CC(C)C(=O)O4)N(CCCCC1(O)O2)C3=O. The Morgan fingerprint density at radius 3 is 2.57 bits per heavy atom. The average molecular weight is 421 g/mol. The second-order valence-electron chi connectivity index (χ2n) is 9.91. The van der Waals surface area contributed by atoms with Gasteiger partial charge in [0.25, 0.3) is 5.91 Å². The average Bonchev–Trinajstić information content (AvgIpc) is 3.28. The quantitative estimate of drug-likeness (QED) is 0.672. The molecule has 0 aliphatic carbocycles. The maximum Gasteiger partial charge on any atom is 0.309 e. The molecule has 0 saturated carbocycles. The van der Waals surface area contributed by atoms with Crippen LogP contribution in [0, 0.1) is 23.7 Å². The molecule has 9 unspecified atom stereocenters. The van der Waals surface area contributed by atoms with Gasteiger partial charge in [-0.3, -0.25) is 14.4 Å². The molecule has 5 aliphatic heterocycles. The maximum atomic E-state index is 13.9. The minimum Gasteiger partial charge on any atom is -0.461 e. The topological polar surface area (TPSA) is 102 Å². The summed E-state index contributed by atoms with van der Waals surface area (Å²) in [7, 11) is 0. The Kier molecular flexibility index (Phi) is 4.50. The predicted molar refractivity (Wildman–Crippen MR) is 103 cm³/mol. The standard InChI is InChI=1S/C22H31NO7/c1-4-13-17-16(12(3)19(25)29-17)21-10-14(15-9-11(2)18(24)28-15)23(20(21)26)8-6-5-7-22(13,27)30-21/h11-17,27H,4-10H2,1-3H3. The first kappa shape index (κ1) is 20.2. The molecular formula is C22H31NO7. The Morgan fingerprint density at radius 2 is 1.90 bits per heavy atom. The van der Waals surface area contributed by atoms with Gasteiger partial charge in [0, 0.05) is 25.3 Å². The Hall–Kier alpha value is -1.67. The maximum absolute atomic E-state index is 13.9. The molecular weight excluding hydrogens is 390 g/mol. The number of carbonyl (C=O) groups is 3. The van der Waals surface area contributed by atoms with E-state index < -0.39 is 29.3 Å². The van der Waals surface area contributed by atoms with Crippen LogP contribution in [0.3, 0.4) is 0 Å². The zero-order chi connectivity index (χ0) is 21.4. The summed E-state index contributed by atoms with van der Waals surface area (Å²) in [6.45, 7) is 6.11. The number of nitrogens with zero attached hydrogens (tertiary/aromatic N) is 1. The van der Waals surface area contributed by atoms with Crippen LogP contribution in [0.5, 0.6) is 0 Å². The van der Waals surface area contributed by atoms with Crippen molar-refractivity contribution >= 4 is 17.8 Å². The van der Waals surface area contributed by atoms with Crippen LogP contribution in [-0.2, 0) is 28.6 Å². The Bertz CT molecular complexity index is 785. The van der Waals surface area contributed by atoms with Crippen LogP contribution in [0.15, 0.2) is 0 Å². The molecule has 5 heterocycles. The summed E-state index contributed by atoms with van der Waals surface area (Å²) in [4.78, 5) is 40.3. The number of amides is 1. The van der Waals surface area contributed by atoms with Gasteiger partial charge in [-0.2, -0.15) is 0 Å². The third kappa shape index (κ3) is 2.55. The highest BCUT2D eigenvalue weighted by molar-refractivity contribution is 5.91. The van der Waals surface area contributed by atoms with Gasteiger partial charge in [0.2, 0.25) is 0 Å². The molecule has 5 rings (SSSR count). The molecule has 5 fully saturated rings. The molecule has 5 saturated heterocycles. The van der Waals surface area contributed by atoms with Crippen molar-refractivity contribution in [3.63, 3.8) is 0 Å². The number of esters is 2. The van der Waals surface area contributed by atoms with E-state index in [4.69, 9.17) is 14.2 Å². The molecule has 0 aromatic carbocycles. The summed E-state index contributed by atoms with van der Waals surface area (Å²) in [5.74, 6) is -3.81. The van der Waals surface area contributed by atoms with E-state index in [1.807, 2.05) is 13.8 Å². The van der Waals surface area contributed by atoms with Crippen LogP contribution < -0.4 is 0 Å². The monoisotopic (exact) mass is 421 g/mol. The van der Waals surface area contributed by atoms with Crippen LogP contribution in [0.2, 0.25) is 0 Å². The molecule has 3 bridgehead atoms. The lowest BCUT2D eigenvalue weighted by Crippen LogP contribution is -2.66. The van der Waals surface area contributed by atoms with E-state index in [9.17, 15) is 19.5 Å². The largest absolute Gasteiger partial charge is 0.461 e. The molecule has 0 aromatic rings. The van der Waals surface area contributed by atoms with Crippen LogP contribution in [0.4, 0.5) is 0 Å². The van der Waals surface area contributed by atoms with Gasteiger partial charge in [-0.1, -0.05) is 20.8 Å². The highest BCUT2D eigenvalue weighted by atomic mass is 16.7. The van der Waals surface area contributed by atoms with E-state index in [1.54, 1.807) is 11.8 Å². The van der Waals surface area contributed by atoms with Crippen LogP contribution >= 0.6 is 0 Å². The summed E-state index contributed by atoms with van der Waals surface area (Å²) >= 11 is 0. The van der Waals surface area contributed by atoms with E-state index in [-0.39, 0.29) is 41.8 Å². The molecule has 0 aromatic heterocycles. The van der Waals surface area contributed by atoms with Gasteiger partial charge >= 0.3 is 11.9 Å². The summed E-state index contributed by atoms with van der Waals surface area (Å²) in [6, 6.07) is -0.310. The molecule has 8 nitrogen and oxygen atoms in total. The third-order valence-corrected chi connectivity index (χ3v) is 8.23. The first-order valence-electron chi connectivity index (χ1n) is 11.4. The summed E-state index contributed by atoms with van der Waals surface area (Å²) in [5.41, 5.74) is -1.33. The van der Waals surface area contributed by atoms with Gasteiger partial charge in [0.05, 0.1) is 23.8 Å². The number of aliphatic hydroxyl groups is 1. The third-order valence-electron chi connectivity index (χ3n) is 8.23. The fourth-order valence-electron chi connectivity index (χ4n) is 6.77. The minimum atomic E-state index is -1.51. The number of hydrogen-bond donors (Lipinski definition) is 1. The number of cyclic esters (lactones) is 1. The van der Waals surface area contributed by atoms with E-state index in [0.29, 0.717) is 38.6 Å². The molecule has 0 radical (unpaired) electrons. The number of rotatable bonds is 2. The van der Waals surface area contributed by atoms with Gasteiger partial charge in [-0.05, 0) is 25.7 Å². The van der Waals surface area contributed by atoms with Crippen molar-refractivity contribution in [2.75, 3.05) is 6.54 Å². The zero-order valence-electron chi connectivity index (χ0n) is 17.8. The van der Waals surface area contributed by atoms with Crippen molar-refractivity contribution in [3.05, 3.63) is 0 Å². The summed E-state index contributed by atoms with van der Waals surface area (Å²) in [5, 5.41) is 11.6. The van der Waals surface area contributed by atoms with Crippen molar-refractivity contribution in [1.82, 2.24) is 4.90 Å². The first-order chi connectivity index (χ1) is 14.2. The molecule has 30 heavy (non-hydrogen) atoms. The lowest BCUT2D eigenvalue weighted by atomic mass is 9.66. The highest BCUT2D eigenvalue weighted by Crippen LogP contribution is 2.58. The Morgan fingerprint density at radius 1 is 1.13 bits per heavy atom. The predicted octanol–water partition coefficient (Wildman–Crippen LogP) is 1.38. The van der Waals surface area contributed by atoms with Gasteiger partial charge in [-0.15, -0.1) is 0 Å². The minimum absolute atomic E-state index is 0.196. The van der Waals surface area contributed by atoms with Crippen molar-refractivity contribution in [3.8, 4) is 0 Å². The second kappa shape index (κ2) is 6.66. The van der Waals surface area contributed by atoms with Gasteiger partial charge in [-0.25, -0.2) is 0 Å². The normalized spacial score (nSPS) is 50.5. The molecule has 8 heteroatoms. The fourth-order valence-corrected chi connectivity index (χ4v) is 6.77. The van der Waals surface area contributed by atoms with Crippen molar-refractivity contribution < 1.29 is 33.7 Å². The van der Waals surface area contributed by atoms with E-state index in [2.05, 4.69) is 0 Å². The van der Waals surface area contributed by atoms with Gasteiger partial charge < -0.3 is 24.2 Å². The number of carbonyl (C=O) groups excluding carboxylic acids is 3. The van der Waals surface area contributed by atoms with Crippen molar-refractivity contribution in [2.45, 2.75) is 88.9 Å². The van der Waals surface area contributed by atoms with Crippen LogP contribution in [0.25, 0.3) is 0 Å². The molecule has 1 N–H and O–H groups in total. The summed E-state index contributed by atoms with van der Waals surface area (Å²) < 4.78 is 17.9. The summed E-state index contributed by atoms with van der Waals surface area (Å²) in [6.07, 6.45) is 2.35. The van der Waals surface area contributed by atoms with Crippen molar-refractivity contribution in [1.29, 1.82) is 0 Å². The number of hydrogen-bond acceptors (Lipinski definition) is 7. The van der Waals surface area contributed by atoms with Crippen LogP contribution in [-0.4, -0.2) is 64.0 Å². The fraction of sp³-hybridized carbons (Fsp3) is 0.864. The Balaban J connectivity index is 1.60. The Labute approximate surface area is 176 Å². The number of ether oxygens (including phenoxy) is 3. The van der Waals surface area contributed by atoms with E-state index in [0.717, 1.165) is 6.42 Å². The van der Waals surface area contributed by atoms with Crippen LogP contribution in [0.1, 0.15) is 59.3 Å². The molecule has 1 amide bonds. The van der Waals surface area contributed by atoms with Gasteiger partial charge in [0.1, 0.15) is 12.2 Å². The molecule has 5 aliphatic rings. The first-order valence-corrected chi connectivity index (χ1v) is 11.4. The molecule has 9 atom stereocenters. The smallest absolute Gasteiger partial charge is 0.309 e. The highest BCUT2D eigenvalue weighted by Gasteiger charge is 2.73. The van der Waals surface area contributed by atoms with Gasteiger partial charge in [0.15, 0.2) is 11.4 Å². The molecule has 1 spiro atoms. The zero-order valence-corrected chi connectivity index (χ0v) is 17.8. The van der Waals surface area contributed by atoms with E-state index >= 15 is 0 Å². The lowest BCUT2D eigenvalue weighted by Gasteiger charge is -2.52. The van der Waals surface area contributed by atoms with E-state index in [1.165, 1.54) is 0 Å². The second-order valence-corrected chi connectivity index (χ2v) is 9.91.